The average Bonchev–Trinajstić information content (AvgIpc) is 3.04. The van der Waals surface area contributed by atoms with Gasteiger partial charge in [0.2, 0.25) is 29.5 Å². The van der Waals surface area contributed by atoms with E-state index < -0.39 is 53.7 Å². The molecule has 0 radical (unpaired) electrons. The van der Waals surface area contributed by atoms with E-state index >= 15 is 0 Å². The third-order valence-electron chi connectivity index (χ3n) is 7.22. The summed E-state index contributed by atoms with van der Waals surface area (Å²) in [6.45, 7) is 1.67. The van der Waals surface area contributed by atoms with Gasteiger partial charge in [-0.1, -0.05) is 24.3 Å². The minimum absolute atomic E-state index is 0.0638. The molecule has 16 nitrogen and oxygen atoms in total. The summed E-state index contributed by atoms with van der Waals surface area (Å²) in [4.78, 5) is 73.3. The zero-order valence-electron chi connectivity index (χ0n) is 27.7. The molecule has 2 aromatic carbocycles. The number of halogens is 2. The molecule has 0 bridgehead atoms. The van der Waals surface area contributed by atoms with E-state index in [0.29, 0.717) is 12.8 Å². The standard InChI is InChI=1S/C32H45I2N11O5/c1-18(46)42-23(4-2-14-40-31(36)37)28(48)45-26(17-20-8-12-22(34)13-9-20)30(50)43-24(5-3-15-41-32(38)39)29(49)44-25(27(35)47)16-19-6-10-21(33)11-7-19/h6-13,23-26H,2-5,14-17H2,1H3,(H2,35,47)(H,42,46)(H,43,50)(H,44,49)(H,45,48)(H4,36,37,40)(H4,38,39,41)/t23-,24-,25-,26+/m0/s1. The highest BCUT2D eigenvalue weighted by Gasteiger charge is 2.31. The molecule has 0 aromatic heterocycles. The van der Waals surface area contributed by atoms with Gasteiger partial charge in [-0.3, -0.25) is 34.0 Å². The largest absolute Gasteiger partial charge is 0.370 e. The summed E-state index contributed by atoms with van der Waals surface area (Å²) >= 11 is 4.31. The zero-order valence-corrected chi connectivity index (χ0v) is 32.0. The van der Waals surface area contributed by atoms with Crippen molar-refractivity contribution in [2.24, 2.45) is 38.7 Å². The first-order chi connectivity index (χ1) is 23.6. The normalized spacial score (nSPS) is 13.0. The van der Waals surface area contributed by atoms with Gasteiger partial charge in [0.1, 0.15) is 24.2 Å². The summed E-state index contributed by atoms with van der Waals surface area (Å²) in [6.07, 6.45) is 1.13. The molecule has 50 heavy (non-hydrogen) atoms. The summed E-state index contributed by atoms with van der Waals surface area (Å²) < 4.78 is 1.96. The van der Waals surface area contributed by atoms with E-state index in [-0.39, 0.29) is 50.7 Å². The Labute approximate surface area is 318 Å². The molecular formula is C32H45I2N11O5. The van der Waals surface area contributed by atoms with E-state index in [1.807, 2.05) is 48.5 Å². The van der Waals surface area contributed by atoms with Crippen molar-refractivity contribution in [1.82, 2.24) is 21.3 Å². The molecule has 18 heteroatoms. The molecule has 2 rings (SSSR count). The van der Waals surface area contributed by atoms with Crippen molar-refractivity contribution < 1.29 is 24.0 Å². The predicted octanol–water partition coefficient (Wildman–Crippen LogP) is -0.767. The first kappa shape index (κ1) is 42.0. The van der Waals surface area contributed by atoms with Crippen LogP contribution in [0, 0.1) is 7.14 Å². The second-order valence-electron chi connectivity index (χ2n) is 11.4. The van der Waals surface area contributed by atoms with Crippen molar-refractivity contribution in [3.05, 3.63) is 66.8 Å². The van der Waals surface area contributed by atoms with Crippen LogP contribution in [0.1, 0.15) is 43.7 Å². The number of hydrogen-bond acceptors (Lipinski definition) is 7. The first-order valence-electron chi connectivity index (χ1n) is 15.7. The van der Waals surface area contributed by atoms with Gasteiger partial charge >= 0.3 is 0 Å². The van der Waals surface area contributed by atoms with Crippen LogP contribution in [0.15, 0.2) is 58.5 Å². The highest BCUT2D eigenvalue weighted by atomic mass is 127. The number of primary amides is 1. The van der Waals surface area contributed by atoms with E-state index in [1.54, 1.807) is 0 Å². The number of carbonyl (C=O) groups excluding carboxylic acids is 5. The number of hydrogen-bond donors (Lipinski definition) is 9. The van der Waals surface area contributed by atoms with E-state index in [4.69, 9.17) is 28.7 Å². The van der Waals surface area contributed by atoms with Crippen LogP contribution in [-0.4, -0.2) is 78.7 Å². The topological polar surface area (TPSA) is 288 Å². The summed E-state index contributed by atoms with van der Waals surface area (Å²) in [5.74, 6) is -3.38. The smallest absolute Gasteiger partial charge is 0.243 e. The Hall–Kier alpha value is -4.21. The van der Waals surface area contributed by atoms with Gasteiger partial charge in [-0.05, 0) is 106 Å². The molecule has 14 N–H and O–H groups in total. The van der Waals surface area contributed by atoms with Crippen LogP contribution in [0.5, 0.6) is 0 Å². The molecule has 4 atom stereocenters. The van der Waals surface area contributed by atoms with Crippen LogP contribution >= 0.6 is 45.2 Å². The minimum atomic E-state index is -1.16. The lowest BCUT2D eigenvalue weighted by Gasteiger charge is -2.26. The Kier molecular flexibility index (Phi) is 18.3. The monoisotopic (exact) mass is 917 g/mol. The average molecular weight is 918 g/mol. The third kappa shape index (κ3) is 16.5. The number of aliphatic imine (C=N–C) groups is 2. The van der Waals surface area contributed by atoms with Crippen molar-refractivity contribution in [2.45, 2.75) is 69.6 Å². The summed E-state index contributed by atoms with van der Waals surface area (Å²) in [5, 5.41) is 10.8. The first-order valence-corrected chi connectivity index (χ1v) is 17.9. The lowest BCUT2D eigenvalue weighted by molar-refractivity contribution is -0.134. The lowest BCUT2D eigenvalue weighted by Crippen LogP contribution is -2.58. The Bertz CT molecular complexity index is 1510. The van der Waals surface area contributed by atoms with Gasteiger partial charge in [-0.25, -0.2) is 0 Å². The maximum Gasteiger partial charge on any atom is 0.243 e. The molecule has 2 aromatic rings. The van der Waals surface area contributed by atoms with Gasteiger partial charge < -0.3 is 49.9 Å². The molecule has 0 heterocycles. The van der Waals surface area contributed by atoms with E-state index in [1.165, 1.54) is 6.92 Å². The fourth-order valence-electron chi connectivity index (χ4n) is 4.75. The molecule has 0 saturated heterocycles. The fourth-order valence-corrected chi connectivity index (χ4v) is 5.47. The van der Waals surface area contributed by atoms with Crippen LogP contribution in [0.4, 0.5) is 0 Å². The van der Waals surface area contributed by atoms with Crippen molar-refractivity contribution in [3.8, 4) is 0 Å². The Morgan fingerprint density at radius 2 is 0.940 bits per heavy atom. The van der Waals surface area contributed by atoms with Gasteiger partial charge in [-0.2, -0.15) is 0 Å². The summed E-state index contributed by atoms with van der Waals surface area (Å²) in [5.41, 5.74) is 28.8. The van der Waals surface area contributed by atoms with Crippen LogP contribution in [0.25, 0.3) is 0 Å². The number of rotatable bonds is 20. The highest BCUT2D eigenvalue weighted by molar-refractivity contribution is 14.1. The molecule has 0 spiro atoms. The maximum atomic E-state index is 13.9. The Morgan fingerprint density at radius 3 is 1.34 bits per heavy atom. The second-order valence-corrected chi connectivity index (χ2v) is 13.9. The molecule has 0 aliphatic carbocycles. The van der Waals surface area contributed by atoms with Crippen molar-refractivity contribution >= 4 is 86.6 Å². The van der Waals surface area contributed by atoms with E-state index in [0.717, 1.165) is 18.3 Å². The molecule has 0 saturated carbocycles. The second kappa shape index (κ2) is 21.8. The summed E-state index contributed by atoms with van der Waals surface area (Å²) in [7, 11) is 0. The molecule has 0 fully saturated rings. The number of benzene rings is 2. The quantitative estimate of drug-likeness (QED) is 0.0349. The molecule has 5 amide bonds. The summed E-state index contributed by atoms with van der Waals surface area (Å²) in [6, 6.07) is 10.3. The van der Waals surface area contributed by atoms with Crippen molar-refractivity contribution in [2.75, 3.05) is 13.1 Å². The maximum absolute atomic E-state index is 13.9. The Balaban J connectivity index is 2.34. The van der Waals surface area contributed by atoms with Crippen LogP contribution in [-0.2, 0) is 36.8 Å². The minimum Gasteiger partial charge on any atom is -0.370 e. The van der Waals surface area contributed by atoms with Crippen LogP contribution in [0.3, 0.4) is 0 Å². The number of nitrogens with two attached hydrogens (primary N) is 5. The van der Waals surface area contributed by atoms with Gasteiger partial charge in [-0.15, -0.1) is 0 Å². The van der Waals surface area contributed by atoms with Gasteiger partial charge in [0.25, 0.3) is 0 Å². The van der Waals surface area contributed by atoms with Crippen molar-refractivity contribution in [3.63, 3.8) is 0 Å². The lowest BCUT2D eigenvalue weighted by atomic mass is 10.0. The molecular weight excluding hydrogens is 872 g/mol. The molecule has 0 aliphatic rings. The SMILES string of the molecule is CC(=O)N[C@@H](CCCN=C(N)N)C(=O)N[C@H](Cc1ccc(I)cc1)C(=O)N[C@@H](CCCN=C(N)N)C(=O)N[C@@H](Cc1ccc(I)cc1)C(N)=O. The number of carbonyl (C=O) groups is 5. The fraction of sp³-hybridized carbons (Fsp3) is 0.406. The molecule has 0 aliphatic heterocycles. The molecule has 0 unspecified atom stereocenters. The van der Waals surface area contributed by atoms with E-state index in [9.17, 15) is 24.0 Å². The predicted molar refractivity (Wildman–Crippen MR) is 208 cm³/mol. The van der Waals surface area contributed by atoms with Crippen LogP contribution < -0.4 is 49.9 Å². The Morgan fingerprint density at radius 1 is 0.580 bits per heavy atom. The van der Waals surface area contributed by atoms with Crippen molar-refractivity contribution in [1.29, 1.82) is 0 Å². The number of nitrogens with one attached hydrogen (secondary N) is 4. The number of nitrogens with zero attached hydrogens (tertiary/aromatic N) is 2. The van der Waals surface area contributed by atoms with Gasteiger partial charge in [0, 0.05) is 40.0 Å². The zero-order chi connectivity index (χ0) is 37.2. The third-order valence-corrected chi connectivity index (χ3v) is 8.65. The molecule has 272 valence electrons. The van der Waals surface area contributed by atoms with Crippen LogP contribution in [0.2, 0.25) is 0 Å². The van der Waals surface area contributed by atoms with Gasteiger partial charge in [0.15, 0.2) is 11.9 Å². The van der Waals surface area contributed by atoms with E-state index in [2.05, 4.69) is 76.4 Å². The number of amides is 5. The highest BCUT2D eigenvalue weighted by Crippen LogP contribution is 2.12. The number of guanidine groups is 2. The van der Waals surface area contributed by atoms with Gasteiger partial charge in [0.05, 0.1) is 0 Å².